The van der Waals surface area contributed by atoms with Crippen molar-refractivity contribution in [2.45, 2.75) is 13.3 Å². The third-order valence-corrected chi connectivity index (χ3v) is 0.533. The molecular formula is C6H17ClN2. The molecule has 0 bridgehead atoms. The van der Waals surface area contributed by atoms with E-state index in [1.54, 1.807) is 0 Å². The Bertz CT molecular complexity index is 35.3. The third-order valence-electron chi connectivity index (χ3n) is 0.344. The molecule has 0 aliphatic rings. The van der Waals surface area contributed by atoms with Gasteiger partial charge in [0.15, 0.2) is 0 Å². The lowest BCUT2D eigenvalue weighted by atomic mass is 10.5. The van der Waals surface area contributed by atoms with Crippen LogP contribution in [0, 0.1) is 0 Å². The normalized spacial score (nSPS) is 8.67. The summed E-state index contributed by atoms with van der Waals surface area (Å²) in [6.45, 7) is 2.97. The highest BCUT2D eigenvalue weighted by Crippen LogP contribution is 1.67. The zero-order chi connectivity index (χ0) is 7.70. The van der Waals surface area contributed by atoms with Crippen LogP contribution in [-0.2, 0) is 0 Å². The molecule has 0 amide bonds. The van der Waals surface area contributed by atoms with Crippen LogP contribution in [0.15, 0.2) is 0 Å². The Kier molecular flexibility index (Phi) is 14.7. The molecular weight excluding hydrogens is 136 g/mol. The molecule has 0 aliphatic heterocycles. The van der Waals surface area contributed by atoms with Crippen LogP contribution in [0.1, 0.15) is 13.3 Å². The molecule has 0 atom stereocenters. The first-order valence-electron chi connectivity index (χ1n) is 3.09. The summed E-state index contributed by atoms with van der Waals surface area (Å²) in [5, 5.41) is 0. The fourth-order valence-electron chi connectivity index (χ4n) is 0.0945. The van der Waals surface area contributed by atoms with Crippen LogP contribution in [0.2, 0.25) is 0 Å². The quantitative estimate of drug-likeness (QED) is 0.601. The highest BCUT2D eigenvalue weighted by atomic mass is 35.5. The van der Waals surface area contributed by atoms with Crippen molar-refractivity contribution in [3.63, 3.8) is 0 Å². The highest BCUT2D eigenvalue weighted by molar-refractivity contribution is 6.13. The van der Waals surface area contributed by atoms with E-state index < -0.39 is 0 Å². The fourth-order valence-corrected chi connectivity index (χ4v) is 0.283. The van der Waals surface area contributed by atoms with E-state index in [0.717, 1.165) is 13.0 Å². The van der Waals surface area contributed by atoms with Crippen LogP contribution in [0.5, 0.6) is 0 Å². The average molecular weight is 153 g/mol. The minimum absolute atomic E-state index is 0.904. The number of rotatable bonds is 2. The monoisotopic (exact) mass is 152 g/mol. The Morgan fingerprint density at radius 3 is 1.67 bits per heavy atom. The molecule has 0 radical (unpaired) electrons. The molecule has 0 unspecified atom stereocenters. The number of nitrogens with one attached hydrogen (secondary N) is 1. The van der Waals surface area contributed by atoms with Gasteiger partial charge in [-0.1, -0.05) is 6.92 Å². The minimum Gasteiger partial charge on any atom is -0.312 e. The van der Waals surface area contributed by atoms with Crippen molar-refractivity contribution in [2.24, 2.45) is 0 Å². The fraction of sp³-hybridized carbons (Fsp3) is 1.00. The maximum Gasteiger partial charge on any atom is 0.0105 e. The minimum atomic E-state index is 0.904. The van der Waals surface area contributed by atoms with Gasteiger partial charge < -0.3 is 4.90 Å². The zero-order valence-corrected chi connectivity index (χ0v) is 7.50. The molecule has 0 heterocycles. The molecule has 58 valence electrons. The van der Waals surface area contributed by atoms with E-state index in [2.05, 4.69) is 11.8 Å². The third kappa shape index (κ3) is 64.8. The first-order chi connectivity index (χ1) is 4.15. The molecule has 0 fully saturated rings. The lowest BCUT2D eigenvalue weighted by Crippen LogP contribution is -1.99. The van der Waals surface area contributed by atoms with Crippen LogP contribution in [-0.4, -0.2) is 32.6 Å². The van der Waals surface area contributed by atoms with Gasteiger partial charge in [0.2, 0.25) is 0 Å². The van der Waals surface area contributed by atoms with Crippen LogP contribution in [0.3, 0.4) is 0 Å². The maximum absolute atomic E-state index is 5.05. The van der Waals surface area contributed by atoms with Gasteiger partial charge in [0.25, 0.3) is 0 Å². The van der Waals surface area contributed by atoms with Gasteiger partial charge in [-0.25, -0.2) is 4.84 Å². The van der Waals surface area contributed by atoms with Gasteiger partial charge in [0.05, 0.1) is 0 Å². The van der Waals surface area contributed by atoms with E-state index in [1.165, 1.54) is 0 Å². The molecule has 0 aromatic carbocycles. The first kappa shape index (κ1) is 11.9. The predicted octanol–water partition coefficient (Wildman–Crippen LogP) is 1.32. The number of hydrogen-bond acceptors (Lipinski definition) is 2. The maximum atomic E-state index is 5.05. The Hall–Kier alpha value is 0.210. The largest absolute Gasteiger partial charge is 0.312 e. The van der Waals surface area contributed by atoms with Crippen molar-refractivity contribution < 1.29 is 0 Å². The Balaban J connectivity index is 0. The predicted molar refractivity (Wildman–Crippen MR) is 43.8 cm³/mol. The Morgan fingerprint density at radius 1 is 1.33 bits per heavy atom. The van der Waals surface area contributed by atoms with Crippen LogP contribution in [0.25, 0.3) is 0 Å². The molecule has 0 saturated heterocycles. The molecule has 1 N–H and O–H groups in total. The van der Waals surface area contributed by atoms with Gasteiger partial charge in [-0.15, -0.1) is 0 Å². The van der Waals surface area contributed by atoms with Gasteiger partial charge in [0, 0.05) is 6.54 Å². The summed E-state index contributed by atoms with van der Waals surface area (Å²) in [5.41, 5.74) is 0. The summed E-state index contributed by atoms with van der Waals surface area (Å²) in [5.74, 6) is 0. The van der Waals surface area contributed by atoms with Gasteiger partial charge >= 0.3 is 0 Å². The SMILES string of the molecule is CCCNCl.CN(C)C. The smallest absolute Gasteiger partial charge is 0.0105 e. The molecule has 0 spiro atoms. The first-order valence-corrected chi connectivity index (χ1v) is 3.47. The molecule has 2 nitrogen and oxygen atoms in total. The summed E-state index contributed by atoms with van der Waals surface area (Å²) < 4.78 is 0. The van der Waals surface area contributed by atoms with Crippen LogP contribution in [0.4, 0.5) is 0 Å². The van der Waals surface area contributed by atoms with Crippen molar-refractivity contribution in [3.8, 4) is 0 Å². The molecule has 0 aromatic rings. The number of hydrogen-bond donors (Lipinski definition) is 1. The molecule has 0 saturated carbocycles. The highest BCUT2D eigenvalue weighted by Gasteiger charge is 1.67. The Labute approximate surface area is 63.3 Å². The lowest BCUT2D eigenvalue weighted by Gasteiger charge is -1.90. The number of halogens is 1. The second-order valence-electron chi connectivity index (χ2n) is 2.23. The second-order valence-corrected chi connectivity index (χ2v) is 2.49. The summed E-state index contributed by atoms with van der Waals surface area (Å²) in [4.78, 5) is 4.49. The molecule has 3 heteroatoms. The molecule has 0 rings (SSSR count). The van der Waals surface area contributed by atoms with E-state index >= 15 is 0 Å². The van der Waals surface area contributed by atoms with E-state index in [0.29, 0.717) is 0 Å². The average Bonchev–Trinajstić information content (AvgIpc) is 1.66. The van der Waals surface area contributed by atoms with E-state index in [-0.39, 0.29) is 0 Å². The number of nitrogens with zero attached hydrogens (tertiary/aromatic N) is 1. The molecule has 0 aromatic heterocycles. The van der Waals surface area contributed by atoms with E-state index in [4.69, 9.17) is 11.8 Å². The Morgan fingerprint density at radius 2 is 1.67 bits per heavy atom. The topological polar surface area (TPSA) is 15.3 Å². The summed E-state index contributed by atoms with van der Waals surface area (Å²) in [7, 11) is 6.00. The van der Waals surface area contributed by atoms with Gasteiger partial charge in [-0.2, -0.15) is 0 Å². The van der Waals surface area contributed by atoms with E-state index in [1.807, 2.05) is 26.0 Å². The van der Waals surface area contributed by atoms with Gasteiger partial charge in [-0.3, -0.25) is 0 Å². The lowest BCUT2D eigenvalue weighted by molar-refractivity contribution is 0.505. The second kappa shape index (κ2) is 11.1. The van der Waals surface area contributed by atoms with Crippen molar-refractivity contribution in [1.82, 2.24) is 9.74 Å². The summed E-state index contributed by atoms with van der Waals surface area (Å²) in [6.07, 6.45) is 1.10. The molecule has 9 heavy (non-hydrogen) atoms. The van der Waals surface area contributed by atoms with Crippen molar-refractivity contribution in [2.75, 3.05) is 27.7 Å². The van der Waals surface area contributed by atoms with Crippen LogP contribution < -0.4 is 4.84 Å². The van der Waals surface area contributed by atoms with E-state index in [9.17, 15) is 0 Å². The van der Waals surface area contributed by atoms with Crippen LogP contribution >= 0.6 is 11.8 Å². The zero-order valence-electron chi connectivity index (χ0n) is 6.74. The van der Waals surface area contributed by atoms with Crippen molar-refractivity contribution >= 4 is 11.8 Å². The summed E-state index contributed by atoms with van der Waals surface area (Å²) in [6, 6.07) is 0. The van der Waals surface area contributed by atoms with Crippen molar-refractivity contribution in [1.29, 1.82) is 0 Å². The van der Waals surface area contributed by atoms with Crippen molar-refractivity contribution in [3.05, 3.63) is 0 Å². The van der Waals surface area contributed by atoms with Gasteiger partial charge in [-0.05, 0) is 39.3 Å². The molecule has 0 aliphatic carbocycles. The summed E-state index contributed by atoms with van der Waals surface area (Å²) >= 11 is 5.05. The standard InChI is InChI=1S/C3H8ClN.C3H9N/c1-2-3-5-4;1-4(2)3/h5H,2-3H2,1H3;1-3H3. The van der Waals surface area contributed by atoms with Gasteiger partial charge in [0.1, 0.15) is 0 Å².